The Morgan fingerprint density at radius 2 is 1.80 bits per heavy atom. The highest BCUT2D eigenvalue weighted by atomic mass is 16.5. The third-order valence-corrected chi connectivity index (χ3v) is 2.83. The van der Waals surface area contributed by atoms with Crippen LogP contribution in [0.2, 0.25) is 0 Å². The van der Waals surface area contributed by atoms with E-state index in [0.717, 1.165) is 11.1 Å². The van der Waals surface area contributed by atoms with Crippen LogP contribution in [-0.2, 0) is 28.7 Å². The Kier molecular flexibility index (Phi) is 10.7. The highest BCUT2D eigenvalue weighted by Gasteiger charge is 2.07. The van der Waals surface area contributed by atoms with E-state index >= 15 is 0 Å². The molecule has 0 N–H and O–H groups in total. The molecule has 0 bridgehead atoms. The fraction of sp³-hybridized carbons (Fsp3) is 0.278. The molecule has 0 saturated carbocycles. The van der Waals surface area contributed by atoms with Crippen molar-refractivity contribution in [1.29, 1.82) is 0 Å². The fourth-order valence-corrected chi connectivity index (χ4v) is 1.72. The smallest absolute Gasteiger partial charge is 0.373 e. The highest BCUT2D eigenvalue weighted by molar-refractivity contribution is 5.93. The van der Waals surface area contributed by atoms with E-state index < -0.39 is 11.9 Å². The van der Waals surface area contributed by atoms with E-state index in [2.05, 4.69) is 9.47 Å². The van der Waals surface area contributed by atoms with Crippen LogP contribution in [0, 0.1) is 6.92 Å². The summed E-state index contributed by atoms with van der Waals surface area (Å²) in [6.45, 7) is 3.84. The highest BCUT2D eigenvalue weighted by Crippen LogP contribution is 2.23. The molecule has 1 aromatic rings. The number of esters is 2. The second kappa shape index (κ2) is 12.3. The van der Waals surface area contributed by atoms with Crippen molar-refractivity contribution in [3.63, 3.8) is 0 Å². The summed E-state index contributed by atoms with van der Waals surface area (Å²) in [6.07, 6.45) is 4.81. The first-order valence-electron chi connectivity index (χ1n) is 7.13. The minimum absolute atomic E-state index is 0.219. The average Bonchev–Trinajstić information content (AvgIpc) is 2.59. The van der Waals surface area contributed by atoms with Crippen molar-refractivity contribution in [2.24, 2.45) is 0 Å². The third-order valence-electron chi connectivity index (χ3n) is 2.83. The molecule has 0 fully saturated rings. The average molecular weight is 348 g/mol. The maximum atomic E-state index is 11.5. The van der Waals surface area contributed by atoms with E-state index in [1.165, 1.54) is 20.3 Å². The van der Waals surface area contributed by atoms with Gasteiger partial charge >= 0.3 is 18.1 Å². The molecule has 0 aliphatic heterocycles. The van der Waals surface area contributed by atoms with Gasteiger partial charge in [-0.15, -0.1) is 0 Å². The summed E-state index contributed by atoms with van der Waals surface area (Å²) in [5.74, 6) is -0.212. The summed E-state index contributed by atoms with van der Waals surface area (Å²) in [5.41, 5.74) is 2.29. The van der Waals surface area contributed by atoms with Gasteiger partial charge in [-0.25, -0.2) is 9.59 Å². The zero-order valence-corrected chi connectivity index (χ0v) is 14.5. The second-order valence-corrected chi connectivity index (χ2v) is 4.68. The van der Waals surface area contributed by atoms with E-state index in [0.29, 0.717) is 11.3 Å². The molecular formula is C18H20O7. The lowest BCUT2D eigenvalue weighted by atomic mass is 10.1. The predicted octanol–water partition coefficient (Wildman–Crippen LogP) is 2.10. The lowest BCUT2D eigenvalue weighted by Gasteiger charge is -2.09. The quantitative estimate of drug-likeness (QED) is 0.574. The van der Waals surface area contributed by atoms with Crippen molar-refractivity contribution in [2.75, 3.05) is 20.8 Å². The first kappa shape index (κ1) is 21.8. The van der Waals surface area contributed by atoms with Gasteiger partial charge in [0.05, 0.1) is 14.2 Å². The van der Waals surface area contributed by atoms with Crippen molar-refractivity contribution in [3.05, 3.63) is 47.1 Å². The van der Waals surface area contributed by atoms with Gasteiger partial charge in [-0.3, -0.25) is 0 Å². The minimum Gasteiger partial charge on any atom is -0.489 e. The number of ether oxygens (including phenoxy) is 3. The molecular weight excluding hydrogens is 328 g/mol. The van der Waals surface area contributed by atoms with Crippen LogP contribution in [-0.4, -0.2) is 38.9 Å². The maximum Gasteiger partial charge on any atom is 0.373 e. The molecule has 1 rings (SSSR count). The molecule has 0 aliphatic rings. The van der Waals surface area contributed by atoms with E-state index in [1.807, 2.05) is 25.1 Å². The molecule has 134 valence electrons. The largest absolute Gasteiger partial charge is 0.489 e. The molecule has 7 nitrogen and oxygen atoms in total. The Balaban J connectivity index is 0.00000178. The number of methoxy groups -OCH3 is 2. The van der Waals surface area contributed by atoms with Crippen molar-refractivity contribution in [3.8, 4) is 5.75 Å². The number of benzene rings is 1. The van der Waals surface area contributed by atoms with Gasteiger partial charge in [0.2, 0.25) is 0 Å². The zero-order chi connectivity index (χ0) is 19.2. The van der Waals surface area contributed by atoms with E-state index in [9.17, 15) is 9.59 Å². The first-order valence-corrected chi connectivity index (χ1v) is 7.13. The Labute approximate surface area is 145 Å². The summed E-state index contributed by atoms with van der Waals surface area (Å²) in [4.78, 5) is 38.7. The first-order chi connectivity index (χ1) is 11.9. The molecule has 1 aromatic carbocycles. The van der Waals surface area contributed by atoms with Gasteiger partial charge < -0.3 is 14.2 Å². The summed E-state index contributed by atoms with van der Waals surface area (Å²) >= 11 is 0. The topological polar surface area (TPSA) is 96.0 Å². The van der Waals surface area contributed by atoms with Gasteiger partial charge in [0, 0.05) is 17.2 Å². The molecule has 25 heavy (non-hydrogen) atoms. The summed E-state index contributed by atoms with van der Waals surface area (Å²) in [7, 11) is 2.65. The van der Waals surface area contributed by atoms with Crippen LogP contribution in [0.1, 0.15) is 18.1 Å². The van der Waals surface area contributed by atoms with Crippen molar-refractivity contribution in [2.45, 2.75) is 13.8 Å². The number of hydrogen-bond donors (Lipinski definition) is 0. The van der Waals surface area contributed by atoms with E-state index in [-0.39, 0.29) is 12.8 Å². The molecule has 0 heterocycles. The van der Waals surface area contributed by atoms with Crippen LogP contribution < -0.4 is 4.74 Å². The molecule has 0 amide bonds. The van der Waals surface area contributed by atoms with Gasteiger partial charge in [-0.2, -0.15) is 9.59 Å². The zero-order valence-electron chi connectivity index (χ0n) is 14.5. The predicted molar refractivity (Wildman–Crippen MR) is 88.5 cm³/mol. The monoisotopic (exact) mass is 348 g/mol. The van der Waals surface area contributed by atoms with Crippen LogP contribution in [0.15, 0.2) is 35.9 Å². The molecule has 0 radical (unpaired) electrons. The lowest BCUT2D eigenvalue weighted by Crippen LogP contribution is -2.02. The van der Waals surface area contributed by atoms with Crippen molar-refractivity contribution in [1.82, 2.24) is 0 Å². The SMILES string of the molecule is COC(=O)/C=C/COc1ccc(C)cc1/C=C(\C)C(=O)OC.O=C=O. The normalized spacial score (nSPS) is 10.3. The number of carbonyl (C=O) groups excluding carboxylic acids is 4. The van der Waals surface area contributed by atoms with Gasteiger partial charge in [0.1, 0.15) is 12.4 Å². The standard InChI is InChI=1S/C17H20O5.CO2/c1-12-7-8-15(22-9-5-6-16(18)20-3)14(10-12)11-13(2)17(19)21-4;2-1-3/h5-8,10-11H,9H2,1-4H3;/b6-5+,13-11+;. The third kappa shape index (κ3) is 8.88. The molecule has 7 heteroatoms. The van der Waals surface area contributed by atoms with Crippen LogP contribution in [0.4, 0.5) is 0 Å². The van der Waals surface area contributed by atoms with Gasteiger partial charge in [0.25, 0.3) is 0 Å². The van der Waals surface area contributed by atoms with Crippen LogP contribution in [0.5, 0.6) is 5.75 Å². The van der Waals surface area contributed by atoms with E-state index in [1.54, 1.807) is 19.1 Å². The molecule has 0 unspecified atom stereocenters. The van der Waals surface area contributed by atoms with Gasteiger partial charge in [-0.05, 0) is 38.1 Å². The van der Waals surface area contributed by atoms with Crippen molar-refractivity contribution >= 4 is 24.2 Å². The molecule has 0 aromatic heterocycles. The Hall–Kier alpha value is -3.18. The van der Waals surface area contributed by atoms with E-state index in [4.69, 9.17) is 14.3 Å². The number of carbonyl (C=O) groups is 2. The Morgan fingerprint density at radius 3 is 2.36 bits per heavy atom. The van der Waals surface area contributed by atoms with Crippen LogP contribution in [0.25, 0.3) is 6.08 Å². The summed E-state index contributed by atoms with van der Waals surface area (Å²) in [5, 5.41) is 0. The van der Waals surface area contributed by atoms with Gasteiger partial charge in [-0.1, -0.05) is 11.6 Å². The maximum absolute atomic E-state index is 11.5. The fourth-order valence-electron chi connectivity index (χ4n) is 1.72. The summed E-state index contributed by atoms with van der Waals surface area (Å²) < 4.78 is 14.8. The van der Waals surface area contributed by atoms with Gasteiger partial charge in [0.15, 0.2) is 0 Å². The molecule has 0 atom stereocenters. The molecule has 0 aliphatic carbocycles. The number of hydrogen-bond acceptors (Lipinski definition) is 7. The number of rotatable bonds is 6. The lowest BCUT2D eigenvalue weighted by molar-refractivity contribution is -0.191. The minimum atomic E-state index is -0.436. The number of aryl methyl sites for hydroxylation is 1. The Morgan fingerprint density at radius 1 is 1.16 bits per heavy atom. The van der Waals surface area contributed by atoms with Crippen molar-refractivity contribution < 1.29 is 33.4 Å². The second-order valence-electron chi connectivity index (χ2n) is 4.68. The Bertz CT molecular complexity index is 681. The molecule has 0 saturated heterocycles. The van der Waals surface area contributed by atoms with Crippen LogP contribution >= 0.6 is 0 Å². The molecule has 0 spiro atoms. The summed E-state index contributed by atoms with van der Waals surface area (Å²) in [6, 6.07) is 5.63. The van der Waals surface area contributed by atoms with Crippen LogP contribution in [0.3, 0.4) is 0 Å².